The standard InChI is InChI=1S/C19H25N3O3S/c1-12-13(2)22(10-11-25-5)19(20-12)26-15(4)18(24)21-17-9-7-6-8-16(17)14(3)23/h6-9,15H,10-11H2,1-5H3,(H,21,24). The van der Waals surface area contributed by atoms with Crippen LogP contribution in [0.5, 0.6) is 0 Å². The predicted octanol–water partition coefficient (Wildman–Crippen LogP) is 3.47. The summed E-state index contributed by atoms with van der Waals surface area (Å²) in [7, 11) is 1.66. The van der Waals surface area contributed by atoms with Crippen LogP contribution in [0.4, 0.5) is 5.69 Å². The number of para-hydroxylation sites is 1. The Balaban J connectivity index is 2.13. The molecule has 26 heavy (non-hydrogen) atoms. The van der Waals surface area contributed by atoms with Crippen molar-refractivity contribution in [2.75, 3.05) is 19.0 Å². The van der Waals surface area contributed by atoms with Crippen LogP contribution in [0.15, 0.2) is 29.4 Å². The molecule has 1 aromatic carbocycles. The van der Waals surface area contributed by atoms with Crippen molar-refractivity contribution in [3.8, 4) is 0 Å². The molecule has 0 aliphatic rings. The van der Waals surface area contributed by atoms with Crippen LogP contribution in [0.3, 0.4) is 0 Å². The highest BCUT2D eigenvalue weighted by Crippen LogP contribution is 2.26. The number of amides is 1. The van der Waals surface area contributed by atoms with Gasteiger partial charge in [0.1, 0.15) is 0 Å². The fourth-order valence-electron chi connectivity index (χ4n) is 2.50. The van der Waals surface area contributed by atoms with E-state index in [0.717, 1.165) is 16.5 Å². The normalized spacial score (nSPS) is 12.0. The zero-order valence-electron chi connectivity index (χ0n) is 15.8. The average molecular weight is 375 g/mol. The first kappa shape index (κ1) is 20.2. The lowest BCUT2D eigenvalue weighted by molar-refractivity contribution is -0.115. The number of anilines is 1. The molecule has 1 N–H and O–H groups in total. The summed E-state index contributed by atoms with van der Waals surface area (Å²) < 4.78 is 7.23. The van der Waals surface area contributed by atoms with Gasteiger partial charge in [-0.05, 0) is 39.8 Å². The molecule has 0 bridgehead atoms. The fraction of sp³-hybridized carbons (Fsp3) is 0.421. The van der Waals surface area contributed by atoms with Crippen LogP contribution in [0, 0.1) is 13.8 Å². The second-order valence-corrected chi connectivity index (χ2v) is 7.37. The molecule has 0 aliphatic carbocycles. The minimum Gasteiger partial charge on any atom is -0.383 e. The zero-order chi connectivity index (χ0) is 19.3. The number of nitrogens with one attached hydrogen (secondary N) is 1. The monoisotopic (exact) mass is 375 g/mol. The van der Waals surface area contributed by atoms with E-state index in [0.29, 0.717) is 24.4 Å². The fourth-order valence-corrected chi connectivity index (χ4v) is 3.53. The van der Waals surface area contributed by atoms with Gasteiger partial charge in [-0.3, -0.25) is 9.59 Å². The molecule has 0 fully saturated rings. The highest BCUT2D eigenvalue weighted by molar-refractivity contribution is 8.00. The lowest BCUT2D eigenvalue weighted by atomic mass is 10.1. The van der Waals surface area contributed by atoms with E-state index in [1.807, 2.05) is 20.8 Å². The third-order valence-electron chi connectivity index (χ3n) is 4.16. The molecule has 7 heteroatoms. The number of hydrogen-bond donors (Lipinski definition) is 1. The average Bonchev–Trinajstić information content (AvgIpc) is 2.86. The molecule has 0 saturated heterocycles. The number of ether oxygens (including phenoxy) is 1. The van der Waals surface area contributed by atoms with E-state index in [9.17, 15) is 9.59 Å². The smallest absolute Gasteiger partial charge is 0.237 e. The molecule has 0 radical (unpaired) electrons. The third kappa shape index (κ3) is 4.74. The van der Waals surface area contributed by atoms with Crippen LogP contribution in [-0.2, 0) is 16.1 Å². The van der Waals surface area contributed by atoms with Crippen molar-refractivity contribution in [1.82, 2.24) is 9.55 Å². The van der Waals surface area contributed by atoms with Gasteiger partial charge < -0.3 is 14.6 Å². The number of hydrogen-bond acceptors (Lipinski definition) is 5. The van der Waals surface area contributed by atoms with Gasteiger partial charge in [0.15, 0.2) is 10.9 Å². The number of rotatable bonds is 8. The number of thioether (sulfide) groups is 1. The minimum absolute atomic E-state index is 0.0810. The van der Waals surface area contributed by atoms with Gasteiger partial charge in [0.05, 0.1) is 23.2 Å². The minimum atomic E-state index is -0.363. The Kier molecular flexibility index (Phi) is 6.99. The van der Waals surface area contributed by atoms with Gasteiger partial charge >= 0.3 is 0 Å². The molecule has 0 aliphatic heterocycles. The van der Waals surface area contributed by atoms with Crippen LogP contribution in [-0.4, -0.2) is 40.2 Å². The number of aryl methyl sites for hydroxylation is 1. The van der Waals surface area contributed by atoms with Crippen LogP contribution in [0.2, 0.25) is 0 Å². The van der Waals surface area contributed by atoms with Gasteiger partial charge in [-0.1, -0.05) is 23.9 Å². The summed E-state index contributed by atoms with van der Waals surface area (Å²) in [4.78, 5) is 28.9. The Labute approximate surface area is 158 Å². The number of ketones is 1. The van der Waals surface area contributed by atoms with Crippen molar-refractivity contribution in [3.05, 3.63) is 41.2 Å². The quantitative estimate of drug-likeness (QED) is 0.565. The lowest BCUT2D eigenvalue weighted by Crippen LogP contribution is -2.24. The highest BCUT2D eigenvalue weighted by atomic mass is 32.2. The summed E-state index contributed by atoms with van der Waals surface area (Å²) in [5, 5.41) is 3.28. The maximum Gasteiger partial charge on any atom is 0.237 e. The van der Waals surface area contributed by atoms with Crippen LogP contribution in [0.25, 0.3) is 0 Å². The molecule has 1 aromatic heterocycles. The predicted molar refractivity (Wildman–Crippen MR) is 104 cm³/mol. The second kappa shape index (κ2) is 9.00. The molecular formula is C19H25N3O3S. The molecule has 2 aromatic rings. The topological polar surface area (TPSA) is 73.2 Å². The van der Waals surface area contributed by atoms with E-state index < -0.39 is 0 Å². The molecular weight excluding hydrogens is 350 g/mol. The molecule has 0 saturated carbocycles. The maximum atomic E-state index is 12.6. The van der Waals surface area contributed by atoms with E-state index in [1.165, 1.54) is 18.7 Å². The zero-order valence-corrected chi connectivity index (χ0v) is 16.6. The van der Waals surface area contributed by atoms with Crippen molar-refractivity contribution >= 4 is 29.1 Å². The van der Waals surface area contributed by atoms with Crippen molar-refractivity contribution in [2.45, 2.75) is 44.6 Å². The van der Waals surface area contributed by atoms with Gasteiger partial charge in [0.25, 0.3) is 0 Å². The molecule has 140 valence electrons. The van der Waals surface area contributed by atoms with Gasteiger partial charge in [-0.25, -0.2) is 4.98 Å². The number of carbonyl (C=O) groups is 2. The van der Waals surface area contributed by atoms with E-state index in [1.54, 1.807) is 31.4 Å². The Morgan fingerprint density at radius 3 is 2.65 bits per heavy atom. The number of benzene rings is 1. The van der Waals surface area contributed by atoms with E-state index in [4.69, 9.17) is 4.74 Å². The van der Waals surface area contributed by atoms with Gasteiger partial charge in [0, 0.05) is 24.9 Å². The summed E-state index contributed by atoms with van der Waals surface area (Å²) in [5.41, 5.74) is 3.05. The molecule has 2 rings (SSSR count). The Hall–Kier alpha value is -2.12. The van der Waals surface area contributed by atoms with E-state index >= 15 is 0 Å². The van der Waals surface area contributed by atoms with Crippen LogP contribution in [0.1, 0.15) is 35.6 Å². The highest BCUT2D eigenvalue weighted by Gasteiger charge is 2.21. The number of nitrogens with zero attached hydrogens (tertiary/aromatic N) is 2. The number of Topliss-reactive ketones (excluding diaryl/α,β-unsaturated/α-hetero) is 1. The summed E-state index contributed by atoms with van der Waals surface area (Å²) in [6.45, 7) is 8.55. The van der Waals surface area contributed by atoms with Gasteiger partial charge in [0.2, 0.25) is 5.91 Å². The first-order chi connectivity index (χ1) is 12.3. The summed E-state index contributed by atoms with van der Waals surface area (Å²) >= 11 is 1.40. The molecule has 1 amide bonds. The van der Waals surface area contributed by atoms with Crippen molar-refractivity contribution < 1.29 is 14.3 Å². The van der Waals surface area contributed by atoms with E-state index in [-0.39, 0.29) is 16.9 Å². The lowest BCUT2D eigenvalue weighted by Gasteiger charge is -2.15. The Morgan fingerprint density at radius 1 is 1.31 bits per heavy atom. The second-order valence-electron chi connectivity index (χ2n) is 6.06. The van der Waals surface area contributed by atoms with Crippen molar-refractivity contribution in [2.24, 2.45) is 0 Å². The largest absolute Gasteiger partial charge is 0.383 e. The summed E-state index contributed by atoms with van der Waals surface area (Å²) in [6.07, 6.45) is 0. The number of methoxy groups -OCH3 is 1. The van der Waals surface area contributed by atoms with Gasteiger partial charge in [-0.2, -0.15) is 0 Å². The first-order valence-corrected chi connectivity index (χ1v) is 9.33. The number of imidazole rings is 1. The summed E-state index contributed by atoms with van der Waals surface area (Å²) in [5.74, 6) is -0.247. The maximum absolute atomic E-state index is 12.6. The molecule has 0 spiro atoms. The molecule has 1 atom stereocenters. The summed E-state index contributed by atoms with van der Waals surface area (Å²) in [6, 6.07) is 7.02. The molecule has 1 heterocycles. The first-order valence-electron chi connectivity index (χ1n) is 8.45. The van der Waals surface area contributed by atoms with Gasteiger partial charge in [-0.15, -0.1) is 0 Å². The van der Waals surface area contributed by atoms with Crippen LogP contribution < -0.4 is 5.32 Å². The Morgan fingerprint density at radius 2 is 2.00 bits per heavy atom. The third-order valence-corrected chi connectivity index (χ3v) is 5.25. The van der Waals surface area contributed by atoms with E-state index in [2.05, 4.69) is 14.9 Å². The molecule has 1 unspecified atom stereocenters. The Bertz CT molecular complexity index is 801. The number of carbonyl (C=O) groups excluding carboxylic acids is 2. The molecule has 6 nitrogen and oxygen atoms in total. The number of aromatic nitrogens is 2. The SMILES string of the molecule is COCCn1c(SC(C)C(=O)Nc2ccccc2C(C)=O)nc(C)c1C. The van der Waals surface area contributed by atoms with Crippen molar-refractivity contribution in [3.63, 3.8) is 0 Å². The van der Waals surface area contributed by atoms with Crippen molar-refractivity contribution in [1.29, 1.82) is 0 Å². The van der Waals surface area contributed by atoms with Crippen LogP contribution >= 0.6 is 11.8 Å².